The molecule has 0 amide bonds. The molecule has 8 heteroatoms. The van der Waals surface area contributed by atoms with Crippen molar-refractivity contribution >= 4 is 34.2 Å². The number of methoxy groups -OCH3 is 1. The van der Waals surface area contributed by atoms with Crippen molar-refractivity contribution in [2.75, 3.05) is 13.7 Å². The highest BCUT2D eigenvalue weighted by molar-refractivity contribution is 6.35. The normalized spacial score (nSPS) is 12.0. The third-order valence-electron chi connectivity index (χ3n) is 4.88. The van der Waals surface area contributed by atoms with Gasteiger partial charge < -0.3 is 23.9 Å². The topological polar surface area (TPSA) is 65.7 Å². The van der Waals surface area contributed by atoms with E-state index in [0.717, 1.165) is 11.0 Å². The van der Waals surface area contributed by atoms with Crippen LogP contribution in [0, 0.1) is 0 Å². The number of fused-ring (bicyclic) bond motifs is 1. The Labute approximate surface area is 195 Å². The van der Waals surface area contributed by atoms with Crippen LogP contribution < -0.4 is 14.2 Å². The minimum atomic E-state index is -0.782. The highest BCUT2D eigenvalue weighted by atomic mass is 35.5. The number of aliphatic hydroxyl groups is 1. The lowest BCUT2D eigenvalue weighted by Gasteiger charge is -2.17. The lowest BCUT2D eigenvalue weighted by molar-refractivity contribution is 0.0903. The molecule has 0 bridgehead atoms. The van der Waals surface area contributed by atoms with E-state index in [4.69, 9.17) is 37.4 Å². The van der Waals surface area contributed by atoms with Gasteiger partial charge in [-0.25, -0.2) is 4.98 Å². The molecule has 1 aromatic heterocycles. The summed E-state index contributed by atoms with van der Waals surface area (Å²) in [5, 5.41) is 11.7. The van der Waals surface area contributed by atoms with Gasteiger partial charge in [0.25, 0.3) is 0 Å². The van der Waals surface area contributed by atoms with Gasteiger partial charge in [-0.05, 0) is 42.5 Å². The van der Waals surface area contributed by atoms with Crippen LogP contribution in [0.2, 0.25) is 10.0 Å². The fraction of sp³-hybridized carbons (Fsp3) is 0.208. The van der Waals surface area contributed by atoms with Gasteiger partial charge in [0.1, 0.15) is 30.9 Å². The molecule has 1 unspecified atom stereocenters. The van der Waals surface area contributed by atoms with E-state index in [1.165, 1.54) is 0 Å². The third kappa shape index (κ3) is 5.10. The van der Waals surface area contributed by atoms with Gasteiger partial charge in [-0.3, -0.25) is 0 Å². The molecule has 0 fully saturated rings. The zero-order chi connectivity index (χ0) is 22.5. The number of hydrogen-bond acceptors (Lipinski definition) is 5. The zero-order valence-corrected chi connectivity index (χ0v) is 18.9. The van der Waals surface area contributed by atoms with Gasteiger partial charge in [0.2, 0.25) is 0 Å². The summed E-state index contributed by atoms with van der Waals surface area (Å²) in [6.07, 6.45) is -0.782. The van der Waals surface area contributed by atoms with Crippen LogP contribution in [0.3, 0.4) is 0 Å². The number of imidazole rings is 1. The van der Waals surface area contributed by atoms with Crippen LogP contribution in [-0.2, 0) is 13.2 Å². The molecule has 0 aliphatic rings. The standard InChI is InChI=1S/C24H22Cl2N2O4/c1-30-22-8-4-5-9-23(22)31-14-17(29)13-28-20-7-3-2-6-19(20)27-24(28)15-32-21-11-10-16(25)12-18(21)26/h2-12,17,29H,13-15H2,1H3. The first-order chi connectivity index (χ1) is 15.5. The van der Waals surface area contributed by atoms with Crippen molar-refractivity contribution in [1.29, 1.82) is 0 Å². The number of benzene rings is 3. The van der Waals surface area contributed by atoms with Crippen LogP contribution in [0.4, 0.5) is 0 Å². The molecule has 3 aromatic carbocycles. The second-order valence-electron chi connectivity index (χ2n) is 7.11. The molecule has 0 spiro atoms. The van der Waals surface area contributed by atoms with Crippen molar-refractivity contribution in [1.82, 2.24) is 9.55 Å². The molecule has 1 N–H and O–H groups in total. The van der Waals surface area contributed by atoms with Crippen molar-refractivity contribution in [3.63, 3.8) is 0 Å². The lowest BCUT2D eigenvalue weighted by Crippen LogP contribution is -2.25. The fourth-order valence-electron chi connectivity index (χ4n) is 3.36. The first kappa shape index (κ1) is 22.3. The number of aromatic nitrogens is 2. The molecule has 32 heavy (non-hydrogen) atoms. The van der Waals surface area contributed by atoms with Crippen molar-refractivity contribution in [3.8, 4) is 17.2 Å². The highest BCUT2D eigenvalue weighted by Gasteiger charge is 2.16. The summed E-state index contributed by atoms with van der Waals surface area (Å²) in [7, 11) is 1.58. The number of rotatable bonds is 9. The van der Waals surface area contributed by atoms with E-state index < -0.39 is 6.10 Å². The Kier molecular flexibility index (Phi) is 7.05. The van der Waals surface area contributed by atoms with Crippen molar-refractivity contribution in [3.05, 3.63) is 82.6 Å². The van der Waals surface area contributed by atoms with E-state index in [2.05, 4.69) is 4.98 Å². The van der Waals surface area contributed by atoms with E-state index in [-0.39, 0.29) is 19.8 Å². The summed E-state index contributed by atoms with van der Waals surface area (Å²) < 4.78 is 18.9. The first-order valence-electron chi connectivity index (χ1n) is 10.0. The van der Waals surface area contributed by atoms with Crippen LogP contribution in [0.1, 0.15) is 5.82 Å². The van der Waals surface area contributed by atoms with E-state index in [0.29, 0.717) is 33.1 Å². The summed E-state index contributed by atoms with van der Waals surface area (Å²) in [6, 6.07) is 20.1. The van der Waals surface area contributed by atoms with Crippen LogP contribution in [-0.4, -0.2) is 34.5 Å². The maximum atomic E-state index is 10.7. The van der Waals surface area contributed by atoms with Gasteiger partial charge in [0, 0.05) is 5.02 Å². The molecule has 4 aromatic rings. The van der Waals surface area contributed by atoms with Crippen LogP contribution in [0.15, 0.2) is 66.7 Å². The molecule has 166 valence electrons. The Morgan fingerprint density at radius 3 is 2.47 bits per heavy atom. The van der Waals surface area contributed by atoms with Crippen LogP contribution >= 0.6 is 23.2 Å². The average molecular weight is 473 g/mol. The van der Waals surface area contributed by atoms with E-state index >= 15 is 0 Å². The van der Waals surface area contributed by atoms with E-state index in [1.54, 1.807) is 31.4 Å². The Morgan fingerprint density at radius 1 is 0.938 bits per heavy atom. The Morgan fingerprint density at radius 2 is 1.69 bits per heavy atom. The number of halogens is 2. The summed E-state index contributed by atoms with van der Waals surface area (Å²) in [4.78, 5) is 4.67. The van der Waals surface area contributed by atoms with Gasteiger partial charge in [-0.1, -0.05) is 47.5 Å². The Hall–Kier alpha value is -2.93. The van der Waals surface area contributed by atoms with Crippen molar-refractivity contribution < 1.29 is 19.3 Å². The lowest BCUT2D eigenvalue weighted by atomic mass is 10.3. The van der Waals surface area contributed by atoms with Crippen LogP contribution in [0.25, 0.3) is 11.0 Å². The van der Waals surface area contributed by atoms with Gasteiger partial charge in [0.15, 0.2) is 11.5 Å². The molecule has 0 aliphatic heterocycles. The van der Waals surface area contributed by atoms with Gasteiger partial charge in [-0.2, -0.15) is 0 Å². The molecular formula is C24H22Cl2N2O4. The predicted octanol–water partition coefficient (Wildman–Crippen LogP) is 5.37. The van der Waals surface area contributed by atoms with Gasteiger partial charge >= 0.3 is 0 Å². The molecule has 0 aliphatic carbocycles. The molecule has 0 saturated heterocycles. The molecule has 0 radical (unpaired) electrons. The predicted molar refractivity (Wildman–Crippen MR) is 125 cm³/mol. The second-order valence-corrected chi connectivity index (χ2v) is 7.95. The maximum Gasteiger partial charge on any atom is 0.161 e. The summed E-state index contributed by atoms with van der Waals surface area (Å²) in [6.45, 7) is 0.551. The molecule has 0 saturated carbocycles. The minimum Gasteiger partial charge on any atom is -0.493 e. The van der Waals surface area contributed by atoms with Crippen LogP contribution in [0.5, 0.6) is 17.2 Å². The van der Waals surface area contributed by atoms with Gasteiger partial charge in [-0.15, -0.1) is 0 Å². The van der Waals surface area contributed by atoms with E-state index in [1.807, 2.05) is 47.0 Å². The average Bonchev–Trinajstić information content (AvgIpc) is 3.14. The summed E-state index contributed by atoms with van der Waals surface area (Å²) >= 11 is 12.2. The number of ether oxygens (including phenoxy) is 3. The first-order valence-corrected chi connectivity index (χ1v) is 10.8. The number of nitrogens with zero attached hydrogens (tertiary/aromatic N) is 2. The molecular weight excluding hydrogens is 451 g/mol. The SMILES string of the molecule is COc1ccccc1OCC(O)Cn1c(COc2ccc(Cl)cc2Cl)nc2ccccc21. The summed E-state index contributed by atoms with van der Waals surface area (Å²) in [5.74, 6) is 2.36. The van der Waals surface area contributed by atoms with Gasteiger partial charge in [0.05, 0.1) is 29.7 Å². The van der Waals surface area contributed by atoms with Crippen molar-refractivity contribution in [2.24, 2.45) is 0 Å². The quantitative estimate of drug-likeness (QED) is 0.354. The Bertz CT molecular complexity index is 1210. The number of aliphatic hydroxyl groups excluding tert-OH is 1. The number of para-hydroxylation sites is 4. The molecule has 4 rings (SSSR count). The van der Waals surface area contributed by atoms with Crippen molar-refractivity contribution in [2.45, 2.75) is 19.3 Å². The zero-order valence-electron chi connectivity index (χ0n) is 17.4. The highest BCUT2D eigenvalue weighted by Crippen LogP contribution is 2.29. The Balaban J connectivity index is 1.50. The number of hydrogen-bond donors (Lipinski definition) is 1. The minimum absolute atomic E-state index is 0.0934. The smallest absolute Gasteiger partial charge is 0.161 e. The summed E-state index contributed by atoms with van der Waals surface area (Å²) in [5.41, 5.74) is 1.70. The monoisotopic (exact) mass is 472 g/mol. The fourth-order valence-corrected chi connectivity index (χ4v) is 3.82. The molecule has 6 nitrogen and oxygen atoms in total. The largest absolute Gasteiger partial charge is 0.493 e. The molecule has 1 heterocycles. The third-order valence-corrected chi connectivity index (χ3v) is 5.41. The van der Waals surface area contributed by atoms with E-state index in [9.17, 15) is 5.11 Å². The molecule has 1 atom stereocenters. The maximum absolute atomic E-state index is 10.7. The second kappa shape index (κ2) is 10.1.